The quantitative estimate of drug-likeness (QED) is 0.680. The Morgan fingerprint density at radius 3 is 2.94 bits per heavy atom. The third-order valence-corrected chi connectivity index (χ3v) is 3.51. The number of aromatic amines is 1. The van der Waals surface area contributed by atoms with E-state index in [1.54, 1.807) is 23.6 Å². The Kier molecular flexibility index (Phi) is 2.11. The standard InChI is InChI=1S/C13H9NOS/c15-10-4-6-14-12(8-10)11-3-1-2-9-5-7-16-13(9)11/h1-8H,(H,14,15). The number of H-pyrrole nitrogens is 1. The van der Waals surface area contributed by atoms with Crippen LogP contribution in [0.15, 0.2) is 52.8 Å². The first-order valence-corrected chi connectivity index (χ1v) is 5.88. The van der Waals surface area contributed by atoms with Crippen molar-refractivity contribution < 1.29 is 0 Å². The van der Waals surface area contributed by atoms with Crippen LogP contribution in [-0.2, 0) is 0 Å². The maximum absolute atomic E-state index is 11.3. The van der Waals surface area contributed by atoms with E-state index in [4.69, 9.17) is 0 Å². The molecule has 3 rings (SSSR count). The van der Waals surface area contributed by atoms with E-state index in [-0.39, 0.29) is 5.43 Å². The van der Waals surface area contributed by atoms with Gasteiger partial charge in [0.15, 0.2) is 5.43 Å². The van der Waals surface area contributed by atoms with Crippen LogP contribution in [0, 0.1) is 0 Å². The van der Waals surface area contributed by atoms with Crippen molar-refractivity contribution in [2.45, 2.75) is 0 Å². The van der Waals surface area contributed by atoms with Gasteiger partial charge in [-0.3, -0.25) is 4.79 Å². The number of pyridine rings is 1. The highest BCUT2D eigenvalue weighted by molar-refractivity contribution is 7.17. The van der Waals surface area contributed by atoms with Gasteiger partial charge in [0, 0.05) is 28.6 Å². The van der Waals surface area contributed by atoms with Gasteiger partial charge in [0.25, 0.3) is 0 Å². The number of fused-ring (bicyclic) bond motifs is 1. The predicted molar refractivity (Wildman–Crippen MR) is 67.9 cm³/mol. The second-order valence-electron chi connectivity index (χ2n) is 3.58. The van der Waals surface area contributed by atoms with E-state index in [0.29, 0.717) is 0 Å². The molecule has 0 spiro atoms. The lowest BCUT2D eigenvalue weighted by atomic mass is 10.1. The Bertz CT molecular complexity index is 696. The minimum absolute atomic E-state index is 0.0299. The molecule has 3 heteroatoms. The third-order valence-electron chi connectivity index (χ3n) is 2.54. The molecule has 0 aliphatic heterocycles. The molecular weight excluding hydrogens is 218 g/mol. The smallest absolute Gasteiger partial charge is 0.182 e. The normalized spacial score (nSPS) is 10.8. The Balaban J connectivity index is 2.33. The maximum atomic E-state index is 11.3. The van der Waals surface area contributed by atoms with Crippen molar-refractivity contribution in [3.8, 4) is 11.3 Å². The molecule has 0 amide bonds. The van der Waals surface area contributed by atoms with Crippen LogP contribution in [0.5, 0.6) is 0 Å². The van der Waals surface area contributed by atoms with Gasteiger partial charge in [0.2, 0.25) is 0 Å². The number of aromatic nitrogens is 1. The highest BCUT2D eigenvalue weighted by Crippen LogP contribution is 2.30. The number of thiophene rings is 1. The van der Waals surface area contributed by atoms with E-state index < -0.39 is 0 Å². The lowest BCUT2D eigenvalue weighted by Gasteiger charge is -2.02. The zero-order chi connectivity index (χ0) is 11.0. The van der Waals surface area contributed by atoms with Gasteiger partial charge >= 0.3 is 0 Å². The van der Waals surface area contributed by atoms with E-state index in [0.717, 1.165) is 11.3 Å². The first-order valence-electron chi connectivity index (χ1n) is 5.00. The van der Waals surface area contributed by atoms with E-state index >= 15 is 0 Å². The summed E-state index contributed by atoms with van der Waals surface area (Å²) in [7, 11) is 0. The Labute approximate surface area is 96.2 Å². The van der Waals surface area contributed by atoms with Crippen LogP contribution in [0.2, 0.25) is 0 Å². The van der Waals surface area contributed by atoms with Crippen molar-refractivity contribution in [1.29, 1.82) is 0 Å². The summed E-state index contributed by atoms with van der Waals surface area (Å²) in [5.74, 6) is 0. The van der Waals surface area contributed by atoms with Crippen molar-refractivity contribution in [1.82, 2.24) is 4.98 Å². The molecule has 78 valence electrons. The minimum Gasteiger partial charge on any atom is -0.361 e. The van der Waals surface area contributed by atoms with Gasteiger partial charge in [-0.25, -0.2) is 0 Å². The second kappa shape index (κ2) is 3.61. The van der Waals surface area contributed by atoms with Crippen LogP contribution in [0.3, 0.4) is 0 Å². The van der Waals surface area contributed by atoms with Gasteiger partial charge in [-0.1, -0.05) is 18.2 Å². The average molecular weight is 227 g/mol. The summed E-state index contributed by atoms with van der Waals surface area (Å²) in [6, 6.07) is 11.4. The summed E-state index contributed by atoms with van der Waals surface area (Å²) in [6.07, 6.45) is 1.68. The molecule has 16 heavy (non-hydrogen) atoms. The van der Waals surface area contributed by atoms with Crippen LogP contribution >= 0.6 is 11.3 Å². The van der Waals surface area contributed by atoms with E-state index in [9.17, 15) is 4.79 Å². The van der Waals surface area contributed by atoms with Crippen molar-refractivity contribution in [2.75, 3.05) is 0 Å². The fourth-order valence-corrected chi connectivity index (χ4v) is 2.73. The van der Waals surface area contributed by atoms with Crippen LogP contribution in [0.1, 0.15) is 0 Å². The fourth-order valence-electron chi connectivity index (χ4n) is 1.81. The fraction of sp³-hybridized carbons (Fsp3) is 0. The molecule has 0 aliphatic carbocycles. The van der Waals surface area contributed by atoms with Crippen LogP contribution < -0.4 is 5.43 Å². The van der Waals surface area contributed by atoms with Crippen LogP contribution in [-0.4, -0.2) is 4.98 Å². The summed E-state index contributed by atoms with van der Waals surface area (Å²) in [5.41, 5.74) is 1.99. The monoisotopic (exact) mass is 227 g/mol. The van der Waals surface area contributed by atoms with E-state index in [2.05, 4.69) is 22.5 Å². The van der Waals surface area contributed by atoms with Crippen molar-refractivity contribution in [3.05, 3.63) is 58.2 Å². The minimum atomic E-state index is 0.0299. The maximum Gasteiger partial charge on any atom is 0.182 e. The summed E-state index contributed by atoms with van der Waals surface area (Å²) in [5, 5.41) is 3.28. The van der Waals surface area contributed by atoms with Gasteiger partial charge < -0.3 is 4.98 Å². The van der Waals surface area contributed by atoms with Crippen molar-refractivity contribution in [3.63, 3.8) is 0 Å². The van der Waals surface area contributed by atoms with Gasteiger partial charge in [-0.15, -0.1) is 11.3 Å². The zero-order valence-corrected chi connectivity index (χ0v) is 9.25. The van der Waals surface area contributed by atoms with Crippen LogP contribution in [0.4, 0.5) is 0 Å². The highest BCUT2D eigenvalue weighted by atomic mass is 32.1. The largest absolute Gasteiger partial charge is 0.361 e. The summed E-state index contributed by atoms with van der Waals surface area (Å²) < 4.78 is 1.21. The number of nitrogens with one attached hydrogen (secondary N) is 1. The molecule has 2 nitrogen and oxygen atoms in total. The van der Waals surface area contributed by atoms with Crippen molar-refractivity contribution in [2.24, 2.45) is 0 Å². The summed E-state index contributed by atoms with van der Waals surface area (Å²) in [4.78, 5) is 14.4. The zero-order valence-electron chi connectivity index (χ0n) is 8.44. The SMILES string of the molecule is O=c1cc[nH]c(-c2cccc3ccsc23)c1. The first-order chi connectivity index (χ1) is 7.84. The van der Waals surface area contributed by atoms with Gasteiger partial charge in [0.05, 0.1) is 5.69 Å². The second-order valence-corrected chi connectivity index (χ2v) is 4.50. The molecule has 0 saturated heterocycles. The van der Waals surface area contributed by atoms with Crippen LogP contribution in [0.25, 0.3) is 21.3 Å². The van der Waals surface area contributed by atoms with E-state index in [1.807, 2.05) is 12.1 Å². The number of benzene rings is 1. The number of rotatable bonds is 1. The molecule has 0 unspecified atom stereocenters. The average Bonchev–Trinajstić information content (AvgIpc) is 2.76. The molecule has 0 aliphatic rings. The van der Waals surface area contributed by atoms with Gasteiger partial charge in [-0.2, -0.15) is 0 Å². The molecule has 0 fully saturated rings. The molecule has 0 radical (unpaired) electrons. The lowest BCUT2D eigenvalue weighted by molar-refractivity contribution is 1.31. The van der Waals surface area contributed by atoms with E-state index in [1.165, 1.54) is 16.2 Å². The molecule has 0 bridgehead atoms. The molecule has 0 atom stereocenters. The molecule has 2 aromatic heterocycles. The Morgan fingerprint density at radius 1 is 1.12 bits per heavy atom. The number of hydrogen-bond acceptors (Lipinski definition) is 2. The van der Waals surface area contributed by atoms with Crippen molar-refractivity contribution >= 4 is 21.4 Å². The predicted octanol–water partition coefficient (Wildman–Crippen LogP) is 3.26. The molecule has 3 aromatic rings. The third kappa shape index (κ3) is 1.46. The lowest BCUT2D eigenvalue weighted by Crippen LogP contribution is -1.97. The highest BCUT2D eigenvalue weighted by Gasteiger charge is 2.04. The first kappa shape index (κ1) is 9.36. The van der Waals surface area contributed by atoms with Gasteiger partial charge in [-0.05, 0) is 16.8 Å². The summed E-state index contributed by atoms with van der Waals surface area (Å²) >= 11 is 1.69. The number of hydrogen-bond donors (Lipinski definition) is 1. The molecule has 0 saturated carbocycles. The Hall–Kier alpha value is -1.87. The summed E-state index contributed by atoms with van der Waals surface area (Å²) in [6.45, 7) is 0. The molecular formula is C13H9NOS. The molecule has 1 aromatic carbocycles. The molecule has 1 N–H and O–H groups in total. The Morgan fingerprint density at radius 2 is 2.06 bits per heavy atom. The van der Waals surface area contributed by atoms with Gasteiger partial charge in [0.1, 0.15) is 0 Å². The molecule has 2 heterocycles. The topological polar surface area (TPSA) is 32.9 Å².